The molecule has 0 amide bonds. The van der Waals surface area contributed by atoms with Crippen LogP contribution in [0.2, 0.25) is 0 Å². The van der Waals surface area contributed by atoms with E-state index in [9.17, 15) is 0 Å². The van der Waals surface area contributed by atoms with E-state index in [2.05, 4.69) is 45.0 Å². The van der Waals surface area contributed by atoms with Crippen LogP contribution in [0.1, 0.15) is 30.1 Å². The molecule has 1 N–H and O–H groups in total. The third kappa shape index (κ3) is 1.27. The summed E-state index contributed by atoms with van der Waals surface area (Å²) in [6.07, 6.45) is 2.58. The van der Waals surface area contributed by atoms with Crippen LogP contribution in [0.25, 0.3) is 11.0 Å². The molecule has 1 fully saturated rings. The molecule has 1 aromatic heterocycles. The number of nitrogens with zero attached hydrogens (tertiary/aromatic N) is 1. The molecule has 3 rings (SSSR count). The Hall–Kier alpha value is -0.830. The van der Waals surface area contributed by atoms with Gasteiger partial charge in [0.15, 0.2) is 0 Å². The summed E-state index contributed by atoms with van der Waals surface area (Å²) in [6, 6.07) is 4.21. The van der Waals surface area contributed by atoms with Gasteiger partial charge in [0, 0.05) is 10.4 Å². The Kier molecular flexibility index (Phi) is 1.71. The molecule has 0 radical (unpaired) electrons. The first kappa shape index (κ1) is 8.48. The van der Waals surface area contributed by atoms with Gasteiger partial charge in [0.2, 0.25) is 0 Å². The number of hydrogen-bond donors (Lipinski definition) is 1. The van der Waals surface area contributed by atoms with Crippen LogP contribution in [0.3, 0.4) is 0 Å². The number of aromatic nitrogens is 2. The van der Waals surface area contributed by atoms with Gasteiger partial charge in [-0.25, -0.2) is 4.98 Å². The molecule has 2 nitrogen and oxygen atoms in total. The first-order valence-electron chi connectivity index (χ1n) is 4.90. The van der Waals surface area contributed by atoms with Crippen molar-refractivity contribution in [2.45, 2.75) is 25.7 Å². The minimum Gasteiger partial charge on any atom is -0.342 e. The van der Waals surface area contributed by atoms with Crippen molar-refractivity contribution in [1.29, 1.82) is 0 Å². The number of H-pyrrole nitrogens is 1. The standard InChI is InChI=1S/C11H11BrN2/c1-6-4-8(12)5-9-10(6)14-11(13-9)7-2-3-7/h4-5,7H,2-3H2,1H3,(H,13,14). The monoisotopic (exact) mass is 250 g/mol. The molecule has 1 aromatic carbocycles. The van der Waals surface area contributed by atoms with Crippen LogP contribution in [0.5, 0.6) is 0 Å². The molecule has 0 spiro atoms. The van der Waals surface area contributed by atoms with Crippen LogP contribution in [-0.2, 0) is 0 Å². The lowest BCUT2D eigenvalue weighted by atomic mass is 10.2. The van der Waals surface area contributed by atoms with Crippen LogP contribution >= 0.6 is 15.9 Å². The minimum absolute atomic E-state index is 0.695. The molecule has 0 unspecified atom stereocenters. The second kappa shape index (κ2) is 2.83. The quantitative estimate of drug-likeness (QED) is 0.825. The molecule has 1 aliphatic rings. The summed E-state index contributed by atoms with van der Waals surface area (Å²) in [4.78, 5) is 8.04. The van der Waals surface area contributed by atoms with E-state index < -0.39 is 0 Å². The Morgan fingerprint density at radius 3 is 2.93 bits per heavy atom. The van der Waals surface area contributed by atoms with Crippen molar-refractivity contribution in [1.82, 2.24) is 9.97 Å². The minimum atomic E-state index is 0.695. The number of nitrogens with one attached hydrogen (secondary N) is 1. The largest absolute Gasteiger partial charge is 0.342 e. The summed E-state index contributed by atoms with van der Waals surface area (Å²) in [7, 11) is 0. The lowest BCUT2D eigenvalue weighted by molar-refractivity contribution is 0.986. The average Bonchev–Trinajstić information content (AvgIpc) is 2.87. The molecule has 1 aliphatic carbocycles. The smallest absolute Gasteiger partial charge is 0.110 e. The fourth-order valence-corrected chi connectivity index (χ4v) is 2.39. The predicted octanol–water partition coefficient (Wildman–Crippen LogP) is 3.51. The molecule has 0 bridgehead atoms. The molecule has 14 heavy (non-hydrogen) atoms. The van der Waals surface area contributed by atoms with Gasteiger partial charge in [0.25, 0.3) is 0 Å². The highest BCUT2D eigenvalue weighted by Gasteiger charge is 2.26. The van der Waals surface area contributed by atoms with Crippen molar-refractivity contribution in [2.75, 3.05) is 0 Å². The third-order valence-corrected chi connectivity index (χ3v) is 3.18. The number of aromatic amines is 1. The van der Waals surface area contributed by atoms with Gasteiger partial charge >= 0.3 is 0 Å². The maximum atomic E-state index is 4.64. The van der Waals surface area contributed by atoms with Crippen molar-refractivity contribution in [3.05, 3.63) is 28.0 Å². The zero-order chi connectivity index (χ0) is 9.71. The van der Waals surface area contributed by atoms with Gasteiger partial charge < -0.3 is 4.98 Å². The number of aryl methyl sites for hydroxylation is 1. The molecule has 3 heteroatoms. The Labute approximate surface area is 90.9 Å². The lowest BCUT2D eigenvalue weighted by Crippen LogP contribution is -1.80. The summed E-state index contributed by atoms with van der Waals surface area (Å²) in [6.45, 7) is 2.10. The van der Waals surface area contributed by atoms with Crippen LogP contribution in [0.15, 0.2) is 16.6 Å². The highest BCUT2D eigenvalue weighted by molar-refractivity contribution is 9.10. The van der Waals surface area contributed by atoms with Crippen LogP contribution < -0.4 is 0 Å². The van der Waals surface area contributed by atoms with Gasteiger partial charge in [-0.15, -0.1) is 0 Å². The molecule has 1 heterocycles. The van der Waals surface area contributed by atoms with E-state index in [1.165, 1.54) is 24.2 Å². The molecule has 2 aromatic rings. The van der Waals surface area contributed by atoms with Gasteiger partial charge in [-0.3, -0.25) is 0 Å². The van der Waals surface area contributed by atoms with Crippen molar-refractivity contribution < 1.29 is 0 Å². The number of rotatable bonds is 1. The van der Waals surface area contributed by atoms with E-state index in [1.54, 1.807) is 0 Å². The molecule has 0 aliphatic heterocycles. The first-order valence-corrected chi connectivity index (χ1v) is 5.69. The summed E-state index contributed by atoms with van der Waals surface area (Å²) in [5.41, 5.74) is 3.51. The average molecular weight is 251 g/mol. The first-order chi connectivity index (χ1) is 6.74. The molecule has 1 saturated carbocycles. The third-order valence-electron chi connectivity index (χ3n) is 2.72. The normalized spacial score (nSPS) is 16.4. The van der Waals surface area contributed by atoms with E-state index in [1.807, 2.05) is 0 Å². The number of hydrogen-bond acceptors (Lipinski definition) is 1. The molecule has 0 saturated heterocycles. The van der Waals surface area contributed by atoms with Gasteiger partial charge in [0.1, 0.15) is 5.82 Å². The fourth-order valence-electron chi connectivity index (χ4n) is 1.82. The lowest BCUT2D eigenvalue weighted by Gasteiger charge is -1.94. The van der Waals surface area contributed by atoms with E-state index in [-0.39, 0.29) is 0 Å². The maximum Gasteiger partial charge on any atom is 0.110 e. The Balaban J connectivity index is 2.26. The Bertz CT molecular complexity index is 497. The van der Waals surface area contributed by atoms with Crippen molar-refractivity contribution in [3.8, 4) is 0 Å². The van der Waals surface area contributed by atoms with Crippen LogP contribution in [0, 0.1) is 6.92 Å². The van der Waals surface area contributed by atoms with Gasteiger partial charge in [-0.05, 0) is 37.5 Å². The van der Waals surface area contributed by atoms with Crippen molar-refractivity contribution >= 4 is 27.0 Å². The molecular weight excluding hydrogens is 240 g/mol. The predicted molar refractivity (Wildman–Crippen MR) is 60.5 cm³/mol. The summed E-state index contributed by atoms with van der Waals surface area (Å²) < 4.78 is 1.12. The molecule has 72 valence electrons. The maximum absolute atomic E-state index is 4.64. The number of benzene rings is 1. The molecule has 0 atom stereocenters. The van der Waals surface area contributed by atoms with Crippen molar-refractivity contribution in [2.24, 2.45) is 0 Å². The zero-order valence-corrected chi connectivity index (χ0v) is 9.56. The topological polar surface area (TPSA) is 28.7 Å². The van der Waals surface area contributed by atoms with Crippen molar-refractivity contribution in [3.63, 3.8) is 0 Å². The summed E-state index contributed by atoms with van der Waals surface area (Å²) in [5.74, 6) is 1.86. The Morgan fingerprint density at radius 1 is 1.43 bits per heavy atom. The van der Waals surface area contributed by atoms with E-state index in [0.717, 1.165) is 15.5 Å². The fraction of sp³-hybridized carbons (Fsp3) is 0.364. The second-order valence-electron chi connectivity index (χ2n) is 4.02. The van der Waals surface area contributed by atoms with Crippen LogP contribution in [0.4, 0.5) is 0 Å². The van der Waals surface area contributed by atoms with E-state index >= 15 is 0 Å². The van der Waals surface area contributed by atoms with E-state index in [4.69, 9.17) is 0 Å². The number of fused-ring (bicyclic) bond motifs is 1. The highest BCUT2D eigenvalue weighted by atomic mass is 79.9. The van der Waals surface area contributed by atoms with Gasteiger partial charge in [-0.2, -0.15) is 0 Å². The number of halogens is 1. The highest BCUT2D eigenvalue weighted by Crippen LogP contribution is 2.39. The summed E-state index contributed by atoms with van der Waals surface area (Å²) >= 11 is 3.50. The Morgan fingerprint density at radius 2 is 2.21 bits per heavy atom. The second-order valence-corrected chi connectivity index (χ2v) is 4.93. The number of imidazole rings is 1. The van der Waals surface area contributed by atoms with Crippen LogP contribution in [-0.4, -0.2) is 9.97 Å². The van der Waals surface area contributed by atoms with E-state index in [0.29, 0.717) is 5.92 Å². The van der Waals surface area contributed by atoms with Gasteiger partial charge in [-0.1, -0.05) is 15.9 Å². The zero-order valence-electron chi connectivity index (χ0n) is 7.97. The van der Waals surface area contributed by atoms with Gasteiger partial charge in [0.05, 0.1) is 11.0 Å². The SMILES string of the molecule is Cc1cc(Br)cc2[nH]c(C3CC3)nc12. The molecular formula is C11H11BrN2. The summed E-state index contributed by atoms with van der Waals surface area (Å²) in [5, 5.41) is 0.